The molecule has 1 heterocycles. The molecule has 96 valence electrons. The fourth-order valence-electron chi connectivity index (χ4n) is 2.55. The molecule has 1 saturated carbocycles. The van der Waals surface area contributed by atoms with Crippen LogP contribution in [0, 0.1) is 12.8 Å². The smallest absolute Gasteiger partial charge is 0.138 e. The average Bonchev–Trinajstić information content (AvgIpc) is 3.09. The summed E-state index contributed by atoms with van der Waals surface area (Å²) in [6.07, 6.45) is 2.59. The molecule has 0 amide bonds. The molecular weight excluding hydrogens is 246 g/mol. The summed E-state index contributed by atoms with van der Waals surface area (Å²) in [4.78, 5) is 0. The molecule has 0 saturated heterocycles. The number of nitrogens with one attached hydrogen (secondary N) is 1. The van der Waals surface area contributed by atoms with Gasteiger partial charge in [-0.05, 0) is 49.9 Å². The quantitative estimate of drug-likeness (QED) is 0.881. The van der Waals surface area contributed by atoms with Crippen LogP contribution >= 0.6 is 11.6 Å². The Hall–Kier alpha value is -0.990. The van der Waals surface area contributed by atoms with Crippen LogP contribution in [0.3, 0.4) is 0 Å². The van der Waals surface area contributed by atoms with Crippen molar-refractivity contribution in [1.29, 1.82) is 0 Å². The standard InChI is InChI=1S/C15H18ClNO/c1-3-17-14(10-5-6-10)13-8-11-12(16)7-4-9(2)15(11)18-13/h4,7-8,10,14,17H,3,5-6H2,1-2H3. The van der Waals surface area contributed by atoms with E-state index in [1.165, 1.54) is 12.8 Å². The molecule has 1 N–H and O–H groups in total. The maximum atomic E-state index is 6.24. The first kappa shape index (κ1) is 12.1. The van der Waals surface area contributed by atoms with Gasteiger partial charge in [0, 0.05) is 5.39 Å². The van der Waals surface area contributed by atoms with Gasteiger partial charge in [-0.15, -0.1) is 0 Å². The molecule has 3 rings (SSSR count). The zero-order valence-electron chi connectivity index (χ0n) is 10.8. The van der Waals surface area contributed by atoms with Crippen LogP contribution in [-0.4, -0.2) is 6.54 Å². The van der Waals surface area contributed by atoms with Crippen molar-refractivity contribution in [3.05, 3.63) is 34.5 Å². The van der Waals surface area contributed by atoms with Crippen molar-refractivity contribution >= 4 is 22.6 Å². The van der Waals surface area contributed by atoms with Gasteiger partial charge in [-0.25, -0.2) is 0 Å². The summed E-state index contributed by atoms with van der Waals surface area (Å²) in [5.74, 6) is 1.76. The van der Waals surface area contributed by atoms with Gasteiger partial charge < -0.3 is 9.73 Å². The van der Waals surface area contributed by atoms with Crippen molar-refractivity contribution in [3.63, 3.8) is 0 Å². The van der Waals surface area contributed by atoms with E-state index in [0.717, 1.165) is 39.8 Å². The molecule has 2 aromatic rings. The summed E-state index contributed by atoms with van der Waals surface area (Å²) in [5.41, 5.74) is 2.08. The van der Waals surface area contributed by atoms with Gasteiger partial charge in [0.2, 0.25) is 0 Å². The van der Waals surface area contributed by atoms with Gasteiger partial charge in [0.15, 0.2) is 0 Å². The first-order valence-corrected chi connectivity index (χ1v) is 7.00. The first-order chi connectivity index (χ1) is 8.70. The predicted octanol–water partition coefficient (Wildman–Crippen LogP) is 4.46. The average molecular weight is 264 g/mol. The molecule has 2 nitrogen and oxygen atoms in total. The molecule has 0 radical (unpaired) electrons. The Balaban J connectivity index is 2.06. The molecule has 1 aromatic heterocycles. The topological polar surface area (TPSA) is 25.2 Å². The van der Waals surface area contributed by atoms with Crippen LogP contribution in [0.4, 0.5) is 0 Å². The third-order valence-electron chi connectivity index (χ3n) is 3.67. The van der Waals surface area contributed by atoms with Crippen molar-refractivity contribution in [2.24, 2.45) is 5.92 Å². The monoisotopic (exact) mass is 263 g/mol. The number of aryl methyl sites for hydroxylation is 1. The minimum Gasteiger partial charge on any atom is -0.459 e. The van der Waals surface area contributed by atoms with Crippen molar-refractivity contribution in [2.75, 3.05) is 6.54 Å². The molecular formula is C15H18ClNO. The minimum atomic E-state index is 0.345. The van der Waals surface area contributed by atoms with Crippen molar-refractivity contribution < 1.29 is 4.42 Å². The molecule has 0 spiro atoms. The van der Waals surface area contributed by atoms with E-state index in [1.807, 2.05) is 12.1 Å². The lowest BCUT2D eigenvalue weighted by atomic mass is 10.1. The summed E-state index contributed by atoms with van der Waals surface area (Å²) in [7, 11) is 0. The van der Waals surface area contributed by atoms with E-state index in [4.69, 9.17) is 16.0 Å². The van der Waals surface area contributed by atoms with Gasteiger partial charge in [0.1, 0.15) is 11.3 Å². The normalized spacial score (nSPS) is 17.3. The summed E-state index contributed by atoms with van der Waals surface area (Å²) < 4.78 is 6.05. The number of rotatable bonds is 4. The Bertz CT molecular complexity index is 532. The Morgan fingerprint density at radius 1 is 1.44 bits per heavy atom. The number of hydrogen-bond acceptors (Lipinski definition) is 2. The fraction of sp³-hybridized carbons (Fsp3) is 0.467. The largest absolute Gasteiger partial charge is 0.459 e. The lowest BCUT2D eigenvalue weighted by Crippen LogP contribution is -2.21. The van der Waals surface area contributed by atoms with E-state index < -0.39 is 0 Å². The maximum Gasteiger partial charge on any atom is 0.138 e. The SMILES string of the molecule is CCNC(c1cc2c(Cl)ccc(C)c2o1)C1CC1. The molecule has 1 aliphatic carbocycles. The van der Waals surface area contributed by atoms with Crippen molar-refractivity contribution in [1.82, 2.24) is 5.32 Å². The van der Waals surface area contributed by atoms with Crippen LogP contribution in [0.5, 0.6) is 0 Å². The van der Waals surface area contributed by atoms with E-state index in [1.54, 1.807) is 0 Å². The highest BCUT2D eigenvalue weighted by molar-refractivity contribution is 6.35. The van der Waals surface area contributed by atoms with Crippen molar-refractivity contribution in [2.45, 2.75) is 32.7 Å². The van der Waals surface area contributed by atoms with E-state index in [-0.39, 0.29) is 0 Å². The zero-order chi connectivity index (χ0) is 12.7. The molecule has 18 heavy (non-hydrogen) atoms. The van der Waals surface area contributed by atoms with Crippen LogP contribution in [0.1, 0.15) is 37.1 Å². The Labute approximate surface area is 112 Å². The Morgan fingerprint density at radius 2 is 2.22 bits per heavy atom. The Kier molecular flexibility index (Phi) is 3.08. The predicted molar refractivity (Wildman–Crippen MR) is 75.1 cm³/mol. The number of benzene rings is 1. The third kappa shape index (κ3) is 2.04. The van der Waals surface area contributed by atoms with Gasteiger partial charge in [0.05, 0.1) is 11.1 Å². The van der Waals surface area contributed by atoms with Gasteiger partial charge >= 0.3 is 0 Å². The summed E-state index contributed by atoms with van der Waals surface area (Å²) in [5, 5.41) is 5.34. The number of fused-ring (bicyclic) bond motifs is 1. The van der Waals surface area contributed by atoms with Gasteiger partial charge in [-0.3, -0.25) is 0 Å². The van der Waals surface area contributed by atoms with E-state index in [2.05, 4.69) is 25.2 Å². The highest BCUT2D eigenvalue weighted by atomic mass is 35.5. The zero-order valence-corrected chi connectivity index (χ0v) is 11.6. The van der Waals surface area contributed by atoms with Crippen molar-refractivity contribution in [3.8, 4) is 0 Å². The van der Waals surface area contributed by atoms with Crippen LogP contribution < -0.4 is 5.32 Å². The van der Waals surface area contributed by atoms with Crippen LogP contribution in [0.25, 0.3) is 11.0 Å². The molecule has 1 atom stereocenters. The maximum absolute atomic E-state index is 6.24. The summed E-state index contributed by atoms with van der Waals surface area (Å²) >= 11 is 6.24. The van der Waals surface area contributed by atoms with Crippen LogP contribution in [-0.2, 0) is 0 Å². The van der Waals surface area contributed by atoms with E-state index in [9.17, 15) is 0 Å². The lowest BCUT2D eigenvalue weighted by molar-refractivity contribution is 0.403. The van der Waals surface area contributed by atoms with Crippen LogP contribution in [0.2, 0.25) is 5.02 Å². The molecule has 1 fully saturated rings. The highest BCUT2D eigenvalue weighted by Crippen LogP contribution is 2.43. The first-order valence-electron chi connectivity index (χ1n) is 6.62. The third-order valence-corrected chi connectivity index (χ3v) is 4.00. The minimum absolute atomic E-state index is 0.345. The van der Waals surface area contributed by atoms with Gasteiger partial charge in [-0.2, -0.15) is 0 Å². The molecule has 1 aromatic carbocycles. The molecule has 1 aliphatic rings. The molecule has 0 aliphatic heterocycles. The second-order valence-corrected chi connectivity index (χ2v) is 5.54. The van der Waals surface area contributed by atoms with E-state index >= 15 is 0 Å². The highest BCUT2D eigenvalue weighted by Gasteiger charge is 2.34. The number of hydrogen-bond donors (Lipinski definition) is 1. The molecule has 0 bridgehead atoms. The second-order valence-electron chi connectivity index (χ2n) is 5.13. The summed E-state index contributed by atoms with van der Waals surface area (Å²) in [6, 6.07) is 6.41. The number of furan rings is 1. The van der Waals surface area contributed by atoms with Crippen LogP contribution in [0.15, 0.2) is 22.6 Å². The number of halogens is 1. The fourth-order valence-corrected chi connectivity index (χ4v) is 2.75. The molecule has 3 heteroatoms. The van der Waals surface area contributed by atoms with E-state index in [0.29, 0.717) is 6.04 Å². The van der Waals surface area contributed by atoms with Gasteiger partial charge in [0.25, 0.3) is 0 Å². The summed E-state index contributed by atoms with van der Waals surface area (Å²) in [6.45, 7) is 5.16. The lowest BCUT2D eigenvalue weighted by Gasteiger charge is -2.13. The Morgan fingerprint density at radius 3 is 2.83 bits per heavy atom. The van der Waals surface area contributed by atoms with Gasteiger partial charge in [-0.1, -0.05) is 24.6 Å². The molecule has 1 unspecified atom stereocenters. The second kappa shape index (κ2) is 4.60.